The Morgan fingerprint density at radius 3 is 2.64 bits per heavy atom. The van der Waals surface area contributed by atoms with E-state index in [1.54, 1.807) is 11.0 Å². The number of carbonyl (C=O) groups excluding carboxylic acids is 1. The molecule has 8 heteroatoms. The number of piperidine rings is 1. The number of nitrogens with zero attached hydrogens (tertiary/aromatic N) is 4. The van der Waals surface area contributed by atoms with Crippen molar-refractivity contribution in [3.63, 3.8) is 0 Å². The van der Waals surface area contributed by atoms with Crippen molar-refractivity contribution in [2.24, 2.45) is 7.05 Å². The Hall–Kier alpha value is -3.52. The number of aryl methyl sites for hydroxylation is 2. The molecule has 1 aliphatic heterocycles. The molecular weight excluding hydrogens is 416 g/mol. The Morgan fingerprint density at radius 2 is 1.85 bits per heavy atom. The van der Waals surface area contributed by atoms with Crippen LogP contribution in [0.3, 0.4) is 0 Å². The van der Waals surface area contributed by atoms with Crippen molar-refractivity contribution in [3.05, 3.63) is 64.3 Å². The molecule has 3 heterocycles. The molecular formula is C25H29N6O2+. The van der Waals surface area contributed by atoms with Crippen LogP contribution in [0.4, 0.5) is 5.69 Å². The van der Waals surface area contributed by atoms with E-state index in [1.165, 1.54) is 37.0 Å². The minimum atomic E-state index is -0.299. The number of imidazole rings is 1. The zero-order valence-corrected chi connectivity index (χ0v) is 19.1. The van der Waals surface area contributed by atoms with Crippen LogP contribution < -0.4 is 15.8 Å². The number of amides is 1. The summed E-state index contributed by atoms with van der Waals surface area (Å²) in [4.78, 5) is 31.9. The maximum absolute atomic E-state index is 12.8. The molecule has 8 nitrogen and oxygen atoms in total. The monoisotopic (exact) mass is 445 g/mol. The number of benzene rings is 2. The van der Waals surface area contributed by atoms with Crippen LogP contribution in [0.5, 0.6) is 0 Å². The first kappa shape index (κ1) is 21.3. The first-order chi connectivity index (χ1) is 16.0. The summed E-state index contributed by atoms with van der Waals surface area (Å²) in [5, 5.41) is 8.60. The summed E-state index contributed by atoms with van der Waals surface area (Å²) in [6.45, 7) is 5.02. The highest BCUT2D eigenvalue weighted by molar-refractivity contribution is 5.93. The topological polar surface area (TPSA) is 86.2 Å². The Kier molecular flexibility index (Phi) is 5.68. The number of hydrogen-bond acceptors (Lipinski definition) is 4. The van der Waals surface area contributed by atoms with Crippen LogP contribution in [0, 0.1) is 6.92 Å². The Balaban J connectivity index is 1.34. The van der Waals surface area contributed by atoms with Crippen molar-refractivity contribution in [2.75, 3.05) is 18.4 Å². The lowest BCUT2D eigenvalue weighted by molar-refractivity contribution is -0.919. The van der Waals surface area contributed by atoms with Gasteiger partial charge in [0.1, 0.15) is 13.1 Å². The lowest BCUT2D eigenvalue weighted by Gasteiger charge is -2.23. The smallest absolute Gasteiger partial charge is 0.275 e. The van der Waals surface area contributed by atoms with Gasteiger partial charge in [-0.1, -0.05) is 18.2 Å². The zero-order valence-electron chi connectivity index (χ0n) is 19.1. The minimum absolute atomic E-state index is 0.145. The van der Waals surface area contributed by atoms with Crippen LogP contribution >= 0.6 is 0 Å². The molecule has 0 aliphatic carbocycles. The first-order valence-corrected chi connectivity index (χ1v) is 11.5. The Bertz CT molecular complexity index is 1400. The summed E-state index contributed by atoms with van der Waals surface area (Å²) in [6, 6.07) is 13.1. The van der Waals surface area contributed by atoms with Crippen LogP contribution in [-0.4, -0.2) is 38.3 Å². The van der Waals surface area contributed by atoms with Crippen LogP contribution in [-0.2, 0) is 24.9 Å². The van der Waals surface area contributed by atoms with Crippen molar-refractivity contribution in [1.29, 1.82) is 0 Å². The molecule has 0 radical (unpaired) electrons. The van der Waals surface area contributed by atoms with Gasteiger partial charge in [-0.3, -0.25) is 9.59 Å². The van der Waals surface area contributed by atoms with Crippen LogP contribution in [0.2, 0.25) is 0 Å². The first-order valence-electron chi connectivity index (χ1n) is 11.5. The molecule has 4 aromatic rings. The normalized spacial score (nSPS) is 14.7. The number of likely N-dealkylation sites (tertiary alicyclic amines) is 1. The maximum atomic E-state index is 12.8. The van der Waals surface area contributed by atoms with E-state index < -0.39 is 0 Å². The highest BCUT2D eigenvalue weighted by Gasteiger charge is 2.18. The fraction of sp³-hybridized carbons (Fsp3) is 0.360. The molecule has 170 valence electrons. The third-order valence-electron chi connectivity index (χ3n) is 6.57. The van der Waals surface area contributed by atoms with Crippen LogP contribution in [0.25, 0.3) is 21.8 Å². The molecule has 2 aromatic carbocycles. The van der Waals surface area contributed by atoms with E-state index in [0.29, 0.717) is 11.1 Å². The maximum Gasteiger partial charge on any atom is 0.275 e. The molecule has 5 rings (SSSR count). The fourth-order valence-electron chi connectivity index (χ4n) is 4.79. The van der Waals surface area contributed by atoms with Crippen LogP contribution in [0.15, 0.2) is 47.3 Å². The summed E-state index contributed by atoms with van der Waals surface area (Å²) in [5.41, 5.74) is 3.02. The van der Waals surface area contributed by atoms with E-state index >= 15 is 0 Å². The summed E-state index contributed by atoms with van der Waals surface area (Å²) >= 11 is 0. The van der Waals surface area contributed by atoms with Crippen molar-refractivity contribution < 1.29 is 9.69 Å². The second kappa shape index (κ2) is 8.78. The van der Waals surface area contributed by atoms with Gasteiger partial charge in [-0.05, 0) is 50.5 Å². The van der Waals surface area contributed by atoms with E-state index in [2.05, 4.69) is 15.0 Å². The molecule has 0 unspecified atom stereocenters. The lowest BCUT2D eigenvalue weighted by Crippen LogP contribution is -3.11. The third kappa shape index (κ3) is 4.26. The fourth-order valence-corrected chi connectivity index (χ4v) is 4.79. The average Bonchev–Trinajstić information content (AvgIpc) is 3.12. The van der Waals surface area contributed by atoms with Gasteiger partial charge in [-0.15, -0.1) is 0 Å². The predicted octanol–water partition coefficient (Wildman–Crippen LogP) is 1.80. The quantitative estimate of drug-likeness (QED) is 0.491. The largest absolute Gasteiger partial charge is 0.329 e. The van der Waals surface area contributed by atoms with Gasteiger partial charge < -0.3 is 14.8 Å². The van der Waals surface area contributed by atoms with Gasteiger partial charge in [0, 0.05) is 18.1 Å². The van der Waals surface area contributed by atoms with Crippen molar-refractivity contribution >= 4 is 33.4 Å². The number of carbonyl (C=O) groups is 1. The van der Waals surface area contributed by atoms with Gasteiger partial charge in [-0.25, -0.2) is 9.67 Å². The number of quaternary nitrogens is 1. The number of fused-ring (bicyclic) bond motifs is 2. The summed E-state index contributed by atoms with van der Waals surface area (Å²) in [7, 11) is 2.05. The Morgan fingerprint density at radius 1 is 1.09 bits per heavy atom. The van der Waals surface area contributed by atoms with E-state index in [4.69, 9.17) is 4.98 Å². The van der Waals surface area contributed by atoms with E-state index in [0.717, 1.165) is 34.5 Å². The molecule has 0 bridgehead atoms. The SMILES string of the molecule is Cc1nn(CC(=O)Nc2ccc3c(c2)nc(C[NH+]2CCCCC2)n3C)c(=O)c2ccccc12. The van der Waals surface area contributed by atoms with Gasteiger partial charge in [0.25, 0.3) is 5.56 Å². The minimum Gasteiger partial charge on any atom is -0.329 e. The van der Waals surface area contributed by atoms with Gasteiger partial charge in [0.2, 0.25) is 5.91 Å². The molecule has 1 saturated heterocycles. The molecule has 1 aliphatic rings. The number of anilines is 1. The van der Waals surface area contributed by atoms with Crippen molar-refractivity contribution in [1.82, 2.24) is 19.3 Å². The second-order valence-electron chi connectivity index (χ2n) is 8.92. The highest BCUT2D eigenvalue weighted by atomic mass is 16.2. The molecule has 0 saturated carbocycles. The Labute approximate surface area is 191 Å². The summed E-state index contributed by atoms with van der Waals surface area (Å²) in [5.74, 6) is 0.764. The zero-order chi connectivity index (χ0) is 22.9. The second-order valence-corrected chi connectivity index (χ2v) is 8.92. The van der Waals surface area contributed by atoms with Crippen LogP contribution in [0.1, 0.15) is 30.8 Å². The van der Waals surface area contributed by atoms with Gasteiger partial charge in [0.15, 0.2) is 5.82 Å². The molecule has 33 heavy (non-hydrogen) atoms. The number of aromatic nitrogens is 4. The van der Waals surface area contributed by atoms with Crippen molar-refractivity contribution in [3.8, 4) is 0 Å². The van der Waals surface area contributed by atoms with Gasteiger partial charge >= 0.3 is 0 Å². The van der Waals surface area contributed by atoms with E-state index in [-0.39, 0.29) is 18.0 Å². The number of nitrogens with one attached hydrogen (secondary N) is 2. The molecule has 0 atom stereocenters. The highest BCUT2D eigenvalue weighted by Crippen LogP contribution is 2.20. The molecule has 1 amide bonds. The average molecular weight is 446 g/mol. The summed E-state index contributed by atoms with van der Waals surface area (Å²) in [6.07, 6.45) is 3.89. The molecule has 1 fully saturated rings. The molecule has 0 spiro atoms. The third-order valence-corrected chi connectivity index (χ3v) is 6.57. The molecule has 2 aromatic heterocycles. The number of rotatable bonds is 5. The van der Waals surface area contributed by atoms with Crippen molar-refractivity contribution in [2.45, 2.75) is 39.3 Å². The van der Waals surface area contributed by atoms with Gasteiger partial charge in [-0.2, -0.15) is 5.10 Å². The van der Waals surface area contributed by atoms with Gasteiger partial charge in [0.05, 0.1) is 35.2 Å². The number of hydrogen-bond donors (Lipinski definition) is 2. The lowest BCUT2D eigenvalue weighted by atomic mass is 10.1. The van der Waals surface area contributed by atoms with E-state index in [1.807, 2.05) is 50.4 Å². The summed E-state index contributed by atoms with van der Waals surface area (Å²) < 4.78 is 3.37. The van der Waals surface area contributed by atoms with E-state index in [9.17, 15) is 9.59 Å². The molecule has 2 N–H and O–H groups in total. The standard InChI is InChI=1S/C25H28N6O2/c1-17-19-8-4-5-9-20(19)25(33)31(28-17)16-24(32)26-18-10-11-22-21(14-18)27-23(29(22)2)15-30-12-6-3-7-13-30/h4-5,8-11,14H,3,6-7,12-13,15-16H2,1-2H3,(H,26,32)/p+1. The predicted molar refractivity (Wildman–Crippen MR) is 128 cm³/mol.